The molecule has 1 atom stereocenters. The lowest BCUT2D eigenvalue weighted by molar-refractivity contribution is -0.297. The Hall–Kier alpha value is -2.09. The number of rotatable bonds is 2. The quantitative estimate of drug-likeness (QED) is 0.799. The van der Waals surface area contributed by atoms with Crippen molar-refractivity contribution in [2.75, 3.05) is 5.73 Å². The molecule has 25 heavy (non-hydrogen) atoms. The van der Waals surface area contributed by atoms with E-state index in [-0.39, 0.29) is 22.2 Å². The molecule has 0 saturated heterocycles. The minimum atomic E-state index is -5.00. The van der Waals surface area contributed by atoms with E-state index < -0.39 is 24.2 Å². The van der Waals surface area contributed by atoms with Crippen molar-refractivity contribution in [1.82, 2.24) is 5.01 Å². The Kier molecular flexibility index (Phi) is 4.49. The highest BCUT2D eigenvalue weighted by Crippen LogP contribution is 2.43. The molecule has 1 aliphatic carbocycles. The standard InChI is InChI=1S/C17H20F3N3O2/c18-17(19,20)16(25)10-14(11-4-2-1-3-5-11)22-23(16)15(24)12-6-8-13(21)9-7-12/h6-9,11,25H,1-5,10,21H2/t16-/m0/s1. The minimum Gasteiger partial charge on any atom is -0.399 e. The van der Waals surface area contributed by atoms with Gasteiger partial charge in [-0.05, 0) is 43.0 Å². The van der Waals surface area contributed by atoms with Gasteiger partial charge in [0, 0.05) is 23.4 Å². The first-order chi connectivity index (χ1) is 11.7. The molecule has 0 bridgehead atoms. The summed E-state index contributed by atoms with van der Waals surface area (Å²) in [5.74, 6) is -1.11. The van der Waals surface area contributed by atoms with Crippen LogP contribution in [0, 0.1) is 5.92 Å². The second-order valence-electron chi connectivity index (χ2n) is 6.66. The zero-order valence-corrected chi connectivity index (χ0v) is 13.6. The molecule has 136 valence electrons. The van der Waals surface area contributed by atoms with E-state index in [0.717, 1.165) is 32.1 Å². The van der Waals surface area contributed by atoms with Gasteiger partial charge in [0.25, 0.3) is 11.6 Å². The van der Waals surface area contributed by atoms with Crippen LogP contribution in [0.25, 0.3) is 0 Å². The molecule has 1 aromatic rings. The summed E-state index contributed by atoms with van der Waals surface area (Å²) in [6.45, 7) is 0. The summed E-state index contributed by atoms with van der Waals surface area (Å²) >= 11 is 0. The third-order valence-corrected chi connectivity index (χ3v) is 4.89. The number of carbonyl (C=O) groups is 1. The Morgan fingerprint density at radius 1 is 1.20 bits per heavy atom. The van der Waals surface area contributed by atoms with E-state index in [2.05, 4.69) is 5.10 Å². The van der Waals surface area contributed by atoms with Gasteiger partial charge in [0.1, 0.15) is 0 Å². The van der Waals surface area contributed by atoms with Gasteiger partial charge in [0.15, 0.2) is 0 Å². The van der Waals surface area contributed by atoms with Gasteiger partial charge < -0.3 is 10.8 Å². The number of hydrogen-bond acceptors (Lipinski definition) is 4. The van der Waals surface area contributed by atoms with Crippen LogP contribution in [0.1, 0.15) is 48.9 Å². The van der Waals surface area contributed by atoms with Gasteiger partial charge in [0.05, 0.1) is 0 Å². The fourth-order valence-corrected chi connectivity index (χ4v) is 3.42. The number of nitrogen functional groups attached to an aromatic ring is 1. The van der Waals surface area contributed by atoms with Crippen LogP contribution in [0.3, 0.4) is 0 Å². The minimum absolute atomic E-state index is 0.00878. The monoisotopic (exact) mass is 355 g/mol. The molecule has 0 spiro atoms. The third kappa shape index (κ3) is 3.22. The molecule has 5 nitrogen and oxygen atoms in total. The van der Waals surface area contributed by atoms with E-state index in [1.807, 2.05) is 0 Å². The van der Waals surface area contributed by atoms with Gasteiger partial charge in [-0.15, -0.1) is 0 Å². The van der Waals surface area contributed by atoms with E-state index in [1.54, 1.807) is 0 Å². The van der Waals surface area contributed by atoms with Crippen LogP contribution in [0.15, 0.2) is 29.4 Å². The normalized spacial score (nSPS) is 25.1. The van der Waals surface area contributed by atoms with Gasteiger partial charge >= 0.3 is 6.18 Å². The van der Waals surface area contributed by atoms with E-state index in [1.165, 1.54) is 24.3 Å². The maximum atomic E-state index is 13.5. The first-order valence-corrected chi connectivity index (χ1v) is 8.29. The highest BCUT2D eigenvalue weighted by Gasteiger charge is 2.63. The molecule has 1 aliphatic heterocycles. The largest absolute Gasteiger partial charge is 0.438 e. The number of hydrogen-bond donors (Lipinski definition) is 2. The lowest BCUT2D eigenvalue weighted by Crippen LogP contribution is -2.56. The number of halogens is 3. The van der Waals surface area contributed by atoms with Crippen LogP contribution in [0.5, 0.6) is 0 Å². The van der Waals surface area contributed by atoms with Crippen molar-refractivity contribution in [2.24, 2.45) is 11.0 Å². The second kappa shape index (κ2) is 6.33. The van der Waals surface area contributed by atoms with E-state index in [9.17, 15) is 23.1 Å². The summed E-state index contributed by atoms with van der Waals surface area (Å²) in [4.78, 5) is 12.6. The molecule has 1 amide bonds. The van der Waals surface area contributed by atoms with Gasteiger partial charge in [-0.3, -0.25) is 4.79 Å². The molecule has 0 radical (unpaired) electrons. The SMILES string of the molecule is Nc1ccc(C(=O)N2N=C(C3CCCCC3)C[C@]2(O)C(F)(F)F)cc1. The zero-order chi connectivity index (χ0) is 18.2. The fourth-order valence-electron chi connectivity index (χ4n) is 3.42. The van der Waals surface area contributed by atoms with Gasteiger partial charge in [-0.2, -0.15) is 23.3 Å². The van der Waals surface area contributed by atoms with Crippen LogP contribution in [0.2, 0.25) is 0 Å². The average molecular weight is 355 g/mol. The number of carbonyl (C=O) groups excluding carboxylic acids is 1. The lowest BCUT2D eigenvalue weighted by Gasteiger charge is -2.32. The number of nitrogens with two attached hydrogens (primary N) is 1. The van der Waals surface area contributed by atoms with Crippen LogP contribution in [-0.4, -0.2) is 33.6 Å². The summed E-state index contributed by atoms with van der Waals surface area (Å²) in [5.41, 5.74) is 2.86. The lowest BCUT2D eigenvalue weighted by atomic mass is 9.83. The van der Waals surface area contributed by atoms with Crippen molar-refractivity contribution >= 4 is 17.3 Å². The van der Waals surface area contributed by atoms with Crippen LogP contribution < -0.4 is 5.73 Å². The van der Waals surface area contributed by atoms with E-state index in [4.69, 9.17) is 5.73 Å². The number of amides is 1. The van der Waals surface area contributed by atoms with Crippen molar-refractivity contribution in [3.8, 4) is 0 Å². The van der Waals surface area contributed by atoms with Gasteiger partial charge in [0.2, 0.25) is 0 Å². The summed E-state index contributed by atoms with van der Waals surface area (Å²) in [5, 5.41) is 14.4. The molecule has 8 heteroatoms. The van der Waals surface area contributed by atoms with Gasteiger partial charge in [-0.1, -0.05) is 19.3 Å². The number of nitrogens with zero attached hydrogens (tertiary/aromatic N) is 2. The van der Waals surface area contributed by atoms with Crippen LogP contribution in [0.4, 0.5) is 18.9 Å². The molecule has 3 N–H and O–H groups in total. The number of hydrazone groups is 1. The Bertz CT molecular complexity index is 681. The van der Waals surface area contributed by atoms with Crippen molar-refractivity contribution in [3.63, 3.8) is 0 Å². The third-order valence-electron chi connectivity index (χ3n) is 4.89. The number of benzene rings is 1. The molecule has 3 rings (SSSR count). The summed E-state index contributed by atoms with van der Waals surface area (Å²) < 4.78 is 40.6. The molecule has 1 aromatic carbocycles. The van der Waals surface area contributed by atoms with Crippen molar-refractivity contribution in [1.29, 1.82) is 0 Å². The number of aliphatic hydroxyl groups is 1. The predicted molar refractivity (Wildman–Crippen MR) is 86.7 cm³/mol. The van der Waals surface area contributed by atoms with E-state index in [0.29, 0.717) is 5.69 Å². The first-order valence-electron chi connectivity index (χ1n) is 8.29. The smallest absolute Gasteiger partial charge is 0.399 e. The van der Waals surface area contributed by atoms with Gasteiger partial charge in [-0.25, -0.2) is 0 Å². The fraction of sp³-hybridized carbons (Fsp3) is 0.529. The first kappa shape index (κ1) is 17.7. The van der Waals surface area contributed by atoms with Crippen molar-refractivity contribution < 1.29 is 23.1 Å². The average Bonchev–Trinajstić information content (AvgIpc) is 2.95. The molecular weight excluding hydrogens is 335 g/mol. The van der Waals surface area contributed by atoms with Crippen molar-refractivity contribution in [2.45, 2.75) is 50.4 Å². The van der Waals surface area contributed by atoms with Crippen LogP contribution >= 0.6 is 0 Å². The Labute approximate surface area is 143 Å². The predicted octanol–water partition coefficient (Wildman–Crippen LogP) is 3.30. The molecular formula is C17H20F3N3O2. The Morgan fingerprint density at radius 2 is 1.80 bits per heavy atom. The number of anilines is 1. The summed E-state index contributed by atoms with van der Waals surface area (Å²) in [6, 6.07) is 5.48. The maximum absolute atomic E-state index is 13.5. The molecule has 1 saturated carbocycles. The highest BCUT2D eigenvalue weighted by atomic mass is 19.4. The molecule has 2 aliphatic rings. The Morgan fingerprint density at radius 3 is 2.36 bits per heavy atom. The molecule has 1 fully saturated rings. The highest BCUT2D eigenvalue weighted by molar-refractivity contribution is 5.99. The maximum Gasteiger partial charge on any atom is 0.438 e. The summed E-state index contributed by atoms with van der Waals surface area (Å²) in [6.07, 6.45) is -1.35. The van der Waals surface area contributed by atoms with E-state index >= 15 is 0 Å². The van der Waals surface area contributed by atoms with Crippen LogP contribution in [-0.2, 0) is 0 Å². The Balaban J connectivity index is 1.94. The molecule has 0 unspecified atom stereocenters. The summed E-state index contributed by atoms with van der Waals surface area (Å²) in [7, 11) is 0. The topological polar surface area (TPSA) is 78.9 Å². The van der Waals surface area contributed by atoms with Crippen molar-refractivity contribution in [3.05, 3.63) is 29.8 Å². The zero-order valence-electron chi connectivity index (χ0n) is 13.6. The molecule has 0 aromatic heterocycles. The number of alkyl halides is 3. The second-order valence-corrected chi connectivity index (χ2v) is 6.66. The molecule has 1 heterocycles.